The van der Waals surface area contributed by atoms with Gasteiger partial charge in [-0.15, -0.1) is 23.2 Å². The number of halogens is 2. The Hall–Kier alpha value is 0.540. The zero-order valence-electron chi connectivity index (χ0n) is 5.27. The Morgan fingerprint density at radius 1 is 1.33 bits per heavy atom. The van der Waals surface area contributed by atoms with Crippen LogP contribution in [0.5, 0.6) is 0 Å². The highest BCUT2D eigenvalue weighted by Crippen LogP contribution is 2.62. The van der Waals surface area contributed by atoms with Crippen molar-refractivity contribution < 1.29 is 0 Å². The SMILES string of the molecule is CN1CC2C(C1)C2(Cl)Cl. The molecule has 1 aliphatic carbocycles. The highest BCUT2D eigenvalue weighted by molar-refractivity contribution is 6.51. The number of nitrogens with zero attached hydrogens (tertiary/aromatic N) is 1. The van der Waals surface area contributed by atoms with Crippen molar-refractivity contribution in [1.29, 1.82) is 0 Å². The molecule has 2 atom stereocenters. The van der Waals surface area contributed by atoms with E-state index in [1.807, 2.05) is 0 Å². The van der Waals surface area contributed by atoms with Crippen molar-refractivity contribution in [2.24, 2.45) is 11.8 Å². The lowest BCUT2D eigenvalue weighted by Gasteiger charge is -2.12. The maximum atomic E-state index is 5.91. The molecule has 0 aromatic rings. The molecule has 0 radical (unpaired) electrons. The fraction of sp³-hybridized carbons (Fsp3) is 1.00. The summed E-state index contributed by atoms with van der Waals surface area (Å²) in [6.45, 7) is 2.16. The van der Waals surface area contributed by atoms with E-state index in [9.17, 15) is 0 Å². The van der Waals surface area contributed by atoms with Crippen LogP contribution in [-0.4, -0.2) is 29.4 Å². The average molecular weight is 166 g/mol. The van der Waals surface area contributed by atoms with Gasteiger partial charge in [-0.3, -0.25) is 0 Å². The van der Waals surface area contributed by atoms with E-state index in [0.29, 0.717) is 11.8 Å². The molecule has 2 unspecified atom stereocenters. The van der Waals surface area contributed by atoms with Gasteiger partial charge in [0, 0.05) is 24.9 Å². The summed E-state index contributed by atoms with van der Waals surface area (Å²) in [6, 6.07) is 0. The van der Waals surface area contributed by atoms with Gasteiger partial charge in [0.2, 0.25) is 0 Å². The normalized spacial score (nSPS) is 47.0. The van der Waals surface area contributed by atoms with E-state index in [0.717, 1.165) is 13.1 Å². The van der Waals surface area contributed by atoms with Gasteiger partial charge in [-0.2, -0.15) is 0 Å². The second-order valence-electron chi connectivity index (χ2n) is 3.11. The van der Waals surface area contributed by atoms with Gasteiger partial charge in [0.25, 0.3) is 0 Å². The maximum absolute atomic E-state index is 5.91. The number of alkyl halides is 2. The number of piperidine rings is 1. The lowest BCUT2D eigenvalue weighted by molar-refractivity contribution is 0.369. The van der Waals surface area contributed by atoms with Crippen LogP contribution in [0.15, 0.2) is 0 Å². The molecule has 0 spiro atoms. The number of fused-ring (bicyclic) bond motifs is 1. The molecular weight excluding hydrogens is 157 g/mol. The van der Waals surface area contributed by atoms with E-state index in [1.54, 1.807) is 0 Å². The molecule has 0 aromatic carbocycles. The standard InChI is InChI=1S/C6H9Cl2N/c1-9-2-4-5(3-9)6(4,7)8/h4-5H,2-3H2,1H3. The molecule has 2 rings (SSSR count). The van der Waals surface area contributed by atoms with Crippen molar-refractivity contribution in [1.82, 2.24) is 4.90 Å². The lowest BCUT2D eigenvalue weighted by atomic mass is 10.4. The van der Waals surface area contributed by atoms with E-state index in [-0.39, 0.29) is 4.33 Å². The fourth-order valence-corrected chi connectivity index (χ4v) is 2.46. The zero-order valence-corrected chi connectivity index (χ0v) is 6.78. The van der Waals surface area contributed by atoms with Gasteiger partial charge >= 0.3 is 0 Å². The molecule has 1 heterocycles. The highest BCUT2D eigenvalue weighted by atomic mass is 35.5. The van der Waals surface area contributed by atoms with Crippen LogP contribution in [0, 0.1) is 11.8 Å². The van der Waals surface area contributed by atoms with Crippen molar-refractivity contribution in [2.75, 3.05) is 20.1 Å². The van der Waals surface area contributed by atoms with Crippen LogP contribution in [0.25, 0.3) is 0 Å². The fourth-order valence-electron chi connectivity index (χ4n) is 1.70. The third-order valence-electron chi connectivity index (χ3n) is 2.38. The topological polar surface area (TPSA) is 3.24 Å². The summed E-state index contributed by atoms with van der Waals surface area (Å²) in [5.74, 6) is 1.12. The quantitative estimate of drug-likeness (QED) is 0.491. The van der Waals surface area contributed by atoms with Gasteiger partial charge in [-0.05, 0) is 7.05 Å². The van der Waals surface area contributed by atoms with Crippen LogP contribution in [0.1, 0.15) is 0 Å². The van der Waals surface area contributed by atoms with Crippen molar-refractivity contribution in [3.05, 3.63) is 0 Å². The minimum atomic E-state index is -0.355. The number of hydrogen-bond donors (Lipinski definition) is 0. The smallest absolute Gasteiger partial charge is 0.127 e. The van der Waals surface area contributed by atoms with E-state index < -0.39 is 0 Å². The summed E-state index contributed by atoms with van der Waals surface area (Å²) < 4.78 is -0.355. The van der Waals surface area contributed by atoms with Gasteiger partial charge in [0.15, 0.2) is 0 Å². The van der Waals surface area contributed by atoms with Crippen LogP contribution in [0.3, 0.4) is 0 Å². The predicted molar refractivity (Wildman–Crippen MR) is 38.9 cm³/mol. The molecule has 0 N–H and O–H groups in total. The molecule has 2 fully saturated rings. The van der Waals surface area contributed by atoms with E-state index in [4.69, 9.17) is 23.2 Å². The minimum Gasteiger partial charge on any atom is -0.306 e. The third-order valence-corrected chi connectivity index (χ3v) is 3.50. The summed E-state index contributed by atoms with van der Waals surface area (Å²) in [4.78, 5) is 2.28. The van der Waals surface area contributed by atoms with Crippen LogP contribution in [0.4, 0.5) is 0 Å². The summed E-state index contributed by atoms with van der Waals surface area (Å²) in [6.07, 6.45) is 0. The van der Waals surface area contributed by atoms with Gasteiger partial charge in [0.1, 0.15) is 4.33 Å². The number of likely N-dealkylation sites (tertiary alicyclic amines) is 1. The Morgan fingerprint density at radius 2 is 1.78 bits per heavy atom. The van der Waals surface area contributed by atoms with Gasteiger partial charge in [-0.1, -0.05) is 0 Å². The zero-order chi connectivity index (χ0) is 6.65. The van der Waals surface area contributed by atoms with Gasteiger partial charge < -0.3 is 4.90 Å². The molecule has 52 valence electrons. The second-order valence-corrected chi connectivity index (χ2v) is 4.55. The van der Waals surface area contributed by atoms with Crippen molar-refractivity contribution in [3.63, 3.8) is 0 Å². The second kappa shape index (κ2) is 1.58. The van der Waals surface area contributed by atoms with Crippen LogP contribution in [0.2, 0.25) is 0 Å². The first-order valence-corrected chi connectivity index (χ1v) is 3.94. The highest BCUT2D eigenvalue weighted by Gasteiger charge is 2.66. The van der Waals surface area contributed by atoms with Crippen molar-refractivity contribution in [2.45, 2.75) is 4.33 Å². The van der Waals surface area contributed by atoms with Gasteiger partial charge in [0.05, 0.1) is 0 Å². The first-order chi connectivity index (χ1) is 4.12. The van der Waals surface area contributed by atoms with E-state index >= 15 is 0 Å². The molecule has 2 aliphatic rings. The summed E-state index contributed by atoms with van der Waals surface area (Å²) in [5, 5.41) is 0. The van der Waals surface area contributed by atoms with Crippen LogP contribution < -0.4 is 0 Å². The van der Waals surface area contributed by atoms with Crippen molar-refractivity contribution >= 4 is 23.2 Å². The van der Waals surface area contributed by atoms with E-state index in [1.165, 1.54) is 0 Å². The summed E-state index contributed by atoms with van der Waals surface area (Å²) in [5.41, 5.74) is 0. The minimum absolute atomic E-state index is 0.355. The Balaban J connectivity index is 2.06. The van der Waals surface area contributed by atoms with Crippen molar-refractivity contribution in [3.8, 4) is 0 Å². The van der Waals surface area contributed by atoms with E-state index in [2.05, 4.69) is 11.9 Å². The largest absolute Gasteiger partial charge is 0.306 e. The molecule has 3 heteroatoms. The molecular formula is C6H9Cl2N. The Morgan fingerprint density at radius 3 is 2.11 bits per heavy atom. The van der Waals surface area contributed by atoms with Crippen LogP contribution in [-0.2, 0) is 0 Å². The Bertz CT molecular complexity index is 132. The lowest BCUT2D eigenvalue weighted by Crippen LogP contribution is -2.22. The van der Waals surface area contributed by atoms with Gasteiger partial charge in [-0.25, -0.2) is 0 Å². The predicted octanol–water partition coefficient (Wildman–Crippen LogP) is 1.35. The summed E-state index contributed by atoms with van der Waals surface area (Å²) in [7, 11) is 2.11. The molecule has 0 bridgehead atoms. The number of hydrogen-bond acceptors (Lipinski definition) is 1. The molecule has 9 heavy (non-hydrogen) atoms. The maximum Gasteiger partial charge on any atom is 0.127 e. The molecule has 0 amide bonds. The number of rotatable bonds is 0. The first-order valence-electron chi connectivity index (χ1n) is 3.18. The molecule has 0 aromatic heterocycles. The average Bonchev–Trinajstić information content (AvgIpc) is 2.27. The Kier molecular flexibility index (Phi) is 1.10. The molecule has 1 saturated heterocycles. The first kappa shape index (κ1) is 6.26. The monoisotopic (exact) mass is 165 g/mol. The molecule has 1 saturated carbocycles. The molecule has 1 nitrogen and oxygen atoms in total. The summed E-state index contributed by atoms with van der Waals surface area (Å²) >= 11 is 11.8. The van der Waals surface area contributed by atoms with Crippen LogP contribution >= 0.6 is 23.2 Å². The third kappa shape index (κ3) is 0.719. The Labute approximate surface area is 64.9 Å². The molecule has 1 aliphatic heterocycles.